The van der Waals surface area contributed by atoms with Gasteiger partial charge in [-0.3, -0.25) is 5.10 Å². The second-order valence-corrected chi connectivity index (χ2v) is 4.91. The molecular weight excluding hydrogens is 314 g/mol. The van der Waals surface area contributed by atoms with Crippen molar-refractivity contribution < 1.29 is 0 Å². The minimum absolute atomic E-state index is 0. The molecule has 0 saturated heterocycles. The van der Waals surface area contributed by atoms with Gasteiger partial charge in [-0.2, -0.15) is 10.2 Å². The molecule has 23 heavy (non-hydrogen) atoms. The molecule has 0 saturated carbocycles. The average Bonchev–Trinajstić information content (AvgIpc) is 3.19. The summed E-state index contributed by atoms with van der Waals surface area (Å²) in [5, 5.41) is 15.7. The second-order valence-electron chi connectivity index (χ2n) is 4.91. The largest absolute Gasteiger partial charge is 0.340 e. The summed E-state index contributed by atoms with van der Waals surface area (Å²) in [5.74, 6) is 0.789. The monoisotopic (exact) mass is 327 g/mol. The Bertz CT molecular complexity index is 913. The lowest BCUT2D eigenvalue weighted by molar-refractivity contribution is 0.879. The number of nitrogens with zero attached hydrogens (tertiary/aromatic N) is 5. The molecule has 4 rings (SSSR count). The minimum atomic E-state index is 0. The van der Waals surface area contributed by atoms with Gasteiger partial charge >= 0.3 is 0 Å². The molecule has 0 bridgehead atoms. The normalized spacial score (nSPS) is 10.5. The predicted octanol–water partition coefficient (Wildman–Crippen LogP) is 3.01. The highest BCUT2D eigenvalue weighted by Crippen LogP contribution is 2.25. The zero-order valence-corrected chi connectivity index (χ0v) is 13.1. The zero-order chi connectivity index (χ0) is 14.9. The third-order valence-electron chi connectivity index (χ3n) is 3.46. The highest BCUT2D eigenvalue weighted by Gasteiger charge is 2.08. The van der Waals surface area contributed by atoms with Crippen LogP contribution < -0.4 is 5.32 Å². The van der Waals surface area contributed by atoms with Gasteiger partial charge in [0.2, 0.25) is 0 Å². The average molecular weight is 328 g/mol. The molecule has 1 aromatic carbocycles. The fraction of sp³-hybridized carbons (Fsp3) is 0.0667. The number of fused-ring (bicyclic) bond motifs is 1. The Morgan fingerprint density at radius 2 is 1.96 bits per heavy atom. The van der Waals surface area contributed by atoms with Crippen LogP contribution >= 0.6 is 12.4 Å². The van der Waals surface area contributed by atoms with Gasteiger partial charge < -0.3 is 5.32 Å². The van der Waals surface area contributed by atoms with Crippen molar-refractivity contribution in [1.82, 2.24) is 29.9 Å². The molecule has 0 aliphatic rings. The van der Waals surface area contributed by atoms with Crippen molar-refractivity contribution in [3.05, 3.63) is 54.9 Å². The van der Waals surface area contributed by atoms with E-state index in [0.717, 1.165) is 33.8 Å². The van der Waals surface area contributed by atoms with E-state index in [1.807, 2.05) is 37.3 Å². The molecule has 0 fully saturated rings. The molecule has 0 amide bonds. The fourth-order valence-electron chi connectivity index (χ4n) is 2.39. The number of anilines is 2. The van der Waals surface area contributed by atoms with E-state index in [4.69, 9.17) is 0 Å². The lowest BCUT2D eigenvalue weighted by Crippen LogP contribution is -1.97. The molecule has 7 nitrogen and oxygen atoms in total. The molecular formula is C15H14ClN7. The summed E-state index contributed by atoms with van der Waals surface area (Å²) in [5.41, 5.74) is 3.79. The number of nitrogens with one attached hydrogen (secondary N) is 2. The van der Waals surface area contributed by atoms with E-state index in [0.29, 0.717) is 0 Å². The van der Waals surface area contributed by atoms with Crippen LogP contribution in [0, 0.1) is 6.92 Å². The van der Waals surface area contributed by atoms with Gasteiger partial charge in [-0.05, 0) is 37.3 Å². The molecule has 0 aliphatic carbocycles. The summed E-state index contributed by atoms with van der Waals surface area (Å²) in [7, 11) is 0. The molecule has 0 spiro atoms. The Hall–Kier alpha value is -2.93. The minimum Gasteiger partial charge on any atom is -0.340 e. The Balaban J connectivity index is 0.00000156. The Kier molecular flexibility index (Phi) is 3.94. The van der Waals surface area contributed by atoms with Crippen molar-refractivity contribution in [2.24, 2.45) is 0 Å². The highest BCUT2D eigenvalue weighted by atomic mass is 35.5. The van der Waals surface area contributed by atoms with Crippen LogP contribution in [0.4, 0.5) is 11.5 Å². The van der Waals surface area contributed by atoms with Crippen molar-refractivity contribution in [3.8, 4) is 5.69 Å². The van der Waals surface area contributed by atoms with E-state index in [-0.39, 0.29) is 12.4 Å². The third-order valence-corrected chi connectivity index (χ3v) is 3.46. The number of benzene rings is 1. The molecule has 0 aliphatic heterocycles. The van der Waals surface area contributed by atoms with E-state index < -0.39 is 0 Å². The summed E-state index contributed by atoms with van der Waals surface area (Å²) >= 11 is 0. The van der Waals surface area contributed by atoms with Crippen LogP contribution in [-0.2, 0) is 0 Å². The van der Waals surface area contributed by atoms with Crippen LogP contribution in [0.1, 0.15) is 5.69 Å². The maximum Gasteiger partial charge on any atom is 0.141 e. The maximum atomic E-state index is 4.41. The van der Waals surface area contributed by atoms with Crippen LogP contribution in [0.25, 0.3) is 16.6 Å². The van der Waals surface area contributed by atoms with Crippen molar-refractivity contribution in [3.63, 3.8) is 0 Å². The molecule has 0 unspecified atom stereocenters. The first kappa shape index (κ1) is 15.0. The molecule has 116 valence electrons. The van der Waals surface area contributed by atoms with E-state index in [9.17, 15) is 0 Å². The molecule has 0 radical (unpaired) electrons. The van der Waals surface area contributed by atoms with Crippen molar-refractivity contribution in [2.45, 2.75) is 6.92 Å². The molecule has 0 atom stereocenters. The van der Waals surface area contributed by atoms with Crippen molar-refractivity contribution in [2.75, 3.05) is 5.32 Å². The van der Waals surface area contributed by atoms with Gasteiger partial charge in [-0.25, -0.2) is 14.6 Å². The topological polar surface area (TPSA) is 84.3 Å². The first-order valence-electron chi connectivity index (χ1n) is 6.83. The summed E-state index contributed by atoms with van der Waals surface area (Å²) in [6.45, 7) is 1.98. The molecule has 8 heteroatoms. The van der Waals surface area contributed by atoms with Gasteiger partial charge in [0.15, 0.2) is 0 Å². The number of H-pyrrole nitrogens is 1. The van der Waals surface area contributed by atoms with Crippen LogP contribution in [0.5, 0.6) is 0 Å². The van der Waals surface area contributed by atoms with Gasteiger partial charge in [0.1, 0.15) is 18.5 Å². The summed E-state index contributed by atoms with van der Waals surface area (Å²) in [4.78, 5) is 8.35. The third kappa shape index (κ3) is 2.74. The maximum absolute atomic E-state index is 4.41. The number of halogens is 1. The Morgan fingerprint density at radius 1 is 1.13 bits per heavy atom. The number of pyridine rings is 1. The molecule has 4 aromatic rings. The molecule has 2 N–H and O–H groups in total. The van der Waals surface area contributed by atoms with Gasteiger partial charge in [-0.1, -0.05) is 0 Å². The number of hydrogen-bond acceptors (Lipinski definition) is 5. The van der Waals surface area contributed by atoms with Crippen molar-refractivity contribution >= 4 is 34.8 Å². The number of aryl methyl sites for hydroxylation is 1. The SMILES string of the molecule is Cc1[nH]nc2ccnc(Nc3ccc(-n4cncn4)cc3)c12.Cl. The second kappa shape index (κ2) is 6.05. The van der Waals surface area contributed by atoms with Crippen LogP contribution in [0.15, 0.2) is 49.2 Å². The Morgan fingerprint density at radius 3 is 2.70 bits per heavy atom. The van der Waals surface area contributed by atoms with Crippen molar-refractivity contribution in [1.29, 1.82) is 0 Å². The van der Waals surface area contributed by atoms with Crippen LogP contribution in [-0.4, -0.2) is 29.9 Å². The summed E-state index contributed by atoms with van der Waals surface area (Å²) in [6.07, 6.45) is 4.92. The summed E-state index contributed by atoms with van der Waals surface area (Å²) in [6, 6.07) is 9.79. The van der Waals surface area contributed by atoms with Gasteiger partial charge in [0.05, 0.1) is 16.6 Å². The van der Waals surface area contributed by atoms with E-state index >= 15 is 0 Å². The number of aromatic nitrogens is 6. The van der Waals surface area contributed by atoms with Gasteiger partial charge in [-0.15, -0.1) is 12.4 Å². The van der Waals surface area contributed by atoms with E-state index in [1.54, 1.807) is 17.2 Å². The van der Waals surface area contributed by atoms with Gasteiger partial charge in [0.25, 0.3) is 0 Å². The number of rotatable bonds is 3. The number of hydrogen-bond donors (Lipinski definition) is 2. The first-order chi connectivity index (χ1) is 10.8. The van der Waals surface area contributed by atoms with Gasteiger partial charge in [0, 0.05) is 17.6 Å². The van der Waals surface area contributed by atoms with E-state index in [2.05, 4.69) is 30.6 Å². The highest BCUT2D eigenvalue weighted by molar-refractivity contribution is 5.92. The molecule has 3 aromatic heterocycles. The number of aromatic amines is 1. The van der Waals surface area contributed by atoms with E-state index in [1.165, 1.54) is 6.33 Å². The molecule has 3 heterocycles. The first-order valence-corrected chi connectivity index (χ1v) is 6.83. The summed E-state index contributed by atoms with van der Waals surface area (Å²) < 4.78 is 1.71. The standard InChI is InChI=1S/C15H13N7.ClH/c1-10-14-13(21-20-10)6-7-17-15(14)19-11-2-4-12(5-3-11)22-9-16-8-18-22;/h2-9H,1H3,(H,17,19)(H,20,21);1H. The quantitative estimate of drug-likeness (QED) is 0.604. The van der Waals surface area contributed by atoms with Crippen LogP contribution in [0.3, 0.4) is 0 Å². The zero-order valence-electron chi connectivity index (χ0n) is 12.3. The predicted molar refractivity (Wildman–Crippen MR) is 90.5 cm³/mol. The fourth-order valence-corrected chi connectivity index (χ4v) is 2.39. The smallest absolute Gasteiger partial charge is 0.141 e. The lowest BCUT2D eigenvalue weighted by Gasteiger charge is -2.08. The Labute approximate surface area is 138 Å². The van der Waals surface area contributed by atoms with Crippen LogP contribution in [0.2, 0.25) is 0 Å². The lowest BCUT2D eigenvalue weighted by atomic mass is 10.2.